The Kier molecular flexibility index (Phi) is 7.28. The molecule has 11 heteroatoms. The van der Waals surface area contributed by atoms with Gasteiger partial charge in [0.2, 0.25) is 0 Å². The van der Waals surface area contributed by atoms with E-state index >= 15 is 0 Å². The van der Waals surface area contributed by atoms with E-state index in [0.29, 0.717) is 11.7 Å². The Balaban J connectivity index is 0.000000370. The van der Waals surface area contributed by atoms with Gasteiger partial charge in [-0.25, -0.2) is 4.79 Å². The van der Waals surface area contributed by atoms with E-state index in [4.69, 9.17) is 14.6 Å². The van der Waals surface area contributed by atoms with Gasteiger partial charge >= 0.3 is 12.1 Å². The molecule has 0 radical (unpaired) electrons. The molecule has 0 aliphatic carbocycles. The molecule has 0 bridgehead atoms. The molecule has 3 rings (SSSR count). The smallest absolute Gasteiger partial charge is 0.475 e. The van der Waals surface area contributed by atoms with Crippen molar-refractivity contribution >= 4 is 11.9 Å². The molecule has 0 saturated carbocycles. The number of halogens is 3. The van der Waals surface area contributed by atoms with E-state index in [2.05, 4.69) is 24.1 Å². The lowest BCUT2D eigenvalue weighted by atomic mass is 9.82. The number of hydrogen-bond donors (Lipinski definition) is 1. The Hall–Kier alpha value is -2.14. The van der Waals surface area contributed by atoms with Crippen molar-refractivity contribution in [1.29, 1.82) is 0 Å². The number of ether oxygens (including phenoxy) is 1. The first-order valence-electron chi connectivity index (χ1n) is 9.33. The number of carboxylic acid groups (broad SMARTS) is 1. The van der Waals surface area contributed by atoms with Crippen molar-refractivity contribution < 1.29 is 32.6 Å². The Morgan fingerprint density at radius 3 is 2.34 bits per heavy atom. The van der Waals surface area contributed by atoms with Crippen LogP contribution in [-0.2, 0) is 16.6 Å². The summed E-state index contributed by atoms with van der Waals surface area (Å²) >= 11 is 0. The maximum absolute atomic E-state index is 12.5. The molecule has 1 aromatic rings. The summed E-state index contributed by atoms with van der Waals surface area (Å²) in [6.07, 6.45) is 0.757. The van der Waals surface area contributed by atoms with Crippen LogP contribution in [0, 0.1) is 0 Å². The first kappa shape index (κ1) is 23.1. The van der Waals surface area contributed by atoms with Crippen molar-refractivity contribution in [3.63, 3.8) is 0 Å². The number of hydrogen-bond acceptors (Lipinski definition) is 5. The molecule has 0 aromatic carbocycles. The van der Waals surface area contributed by atoms with Gasteiger partial charge in [0.05, 0.1) is 5.60 Å². The maximum atomic E-state index is 12.5. The van der Waals surface area contributed by atoms with E-state index in [0.717, 1.165) is 45.4 Å². The summed E-state index contributed by atoms with van der Waals surface area (Å²) in [5, 5.41) is 11.3. The quantitative estimate of drug-likeness (QED) is 0.785. The summed E-state index contributed by atoms with van der Waals surface area (Å²) in [6.45, 7) is 2.35. The van der Waals surface area contributed by atoms with Crippen LogP contribution >= 0.6 is 0 Å². The summed E-state index contributed by atoms with van der Waals surface area (Å²) in [5.41, 5.74) is 0.503. The van der Waals surface area contributed by atoms with Crippen molar-refractivity contribution in [1.82, 2.24) is 19.6 Å². The number of aryl methyl sites for hydroxylation is 1. The summed E-state index contributed by atoms with van der Waals surface area (Å²) in [5.74, 6) is -2.72. The van der Waals surface area contributed by atoms with Crippen LogP contribution in [0.1, 0.15) is 36.2 Å². The van der Waals surface area contributed by atoms with Crippen molar-refractivity contribution in [3.8, 4) is 0 Å². The molecule has 1 unspecified atom stereocenters. The molecule has 3 heterocycles. The maximum Gasteiger partial charge on any atom is 0.490 e. The van der Waals surface area contributed by atoms with E-state index in [1.807, 2.05) is 18.1 Å². The van der Waals surface area contributed by atoms with Gasteiger partial charge < -0.3 is 19.6 Å². The van der Waals surface area contributed by atoms with Gasteiger partial charge in [0, 0.05) is 39.0 Å². The second-order valence-corrected chi connectivity index (χ2v) is 7.61. The normalized spacial score (nSPS) is 21.6. The zero-order valence-electron chi connectivity index (χ0n) is 16.8. The molecule has 2 aliphatic heterocycles. The lowest BCUT2D eigenvalue weighted by Gasteiger charge is -2.47. The molecular weight excluding hydrogens is 393 g/mol. The summed E-state index contributed by atoms with van der Waals surface area (Å²) < 4.78 is 39.5. The number of carboxylic acids is 1. The van der Waals surface area contributed by atoms with Gasteiger partial charge in [-0.3, -0.25) is 9.48 Å². The summed E-state index contributed by atoms with van der Waals surface area (Å²) in [4.78, 5) is 25.6. The molecule has 2 fully saturated rings. The second kappa shape index (κ2) is 9.12. The van der Waals surface area contributed by atoms with Crippen LogP contribution in [-0.4, -0.2) is 88.2 Å². The van der Waals surface area contributed by atoms with E-state index in [9.17, 15) is 18.0 Å². The monoisotopic (exact) mass is 420 g/mol. The molecule has 1 spiro atoms. The minimum absolute atomic E-state index is 0.0336. The number of amides is 1. The fraction of sp³-hybridized carbons (Fsp3) is 0.722. The fourth-order valence-corrected chi connectivity index (χ4v) is 3.60. The first-order valence-corrected chi connectivity index (χ1v) is 9.33. The van der Waals surface area contributed by atoms with Crippen LogP contribution in [0.15, 0.2) is 12.3 Å². The number of carbonyl (C=O) groups excluding carboxylic acids is 1. The van der Waals surface area contributed by atoms with Crippen molar-refractivity contribution in [2.45, 2.75) is 43.5 Å². The zero-order valence-corrected chi connectivity index (χ0v) is 16.8. The van der Waals surface area contributed by atoms with Gasteiger partial charge in [-0.15, -0.1) is 0 Å². The van der Waals surface area contributed by atoms with Crippen LogP contribution in [0.25, 0.3) is 0 Å². The van der Waals surface area contributed by atoms with Gasteiger partial charge in [-0.1, -0.05) is 0 Å². The van der Waals surface area contributed by atoms with Gasteiger partial charge in [0.25, 0.3) is 5.91 Å². The van der Waals surface area contributed by atoms with Crippen LogP contribution < -0.4 is 0 Å². The predicted molar refractivity (Wildman–Crippen MR) is 97.4 cm³/mol. The second-order valence-electron chi connectivity index (χ2n) is 7.61. The van der Waals surface area contributed by atoms with Gasteiger partial charge in [0.1, 0.15) is 5.69 Å². The highest BCUT2D eigenvalue weighted by molar-refractivity contribution is 5.92. The van der Waals surface area contributed by atoms with Crippen LogP contribution in [0.5, 0.6) is 0 Å². The molecule has 164 valence electrons. The number of aromatic nitrogens is 2. The van der Waals surface area contributed by atoms with Crippen LogP contribution in [0.3, 0.4) is 0 Å². The van der Waals surface area contributed by atoms with E-state index in [1.54, 1.807) is 10.7 Å². The molecule has 2 saturated heterocycles. The number of piperidine rings is 1. The van der Waals surface area contributed by atoms with Crippen LogP contribution in [0.4, 0.5) is 13.2 Å². The summed E-state index contributed by atoms with van der Waals surface area (Å²) in [6, 6.07) is 2.37. The minimum atomic E-state index is -5.08. The average Bonchev–Trinajstić information content (AvgIpc) is 3.08. The van der Waals surface area contributed by atoms with E-state index in [1.165, 1.54) is 0 Å². The Morgan fingerprint density at radius 2 is 1.90 bits per heavy atom. The largest absolute Gasteiger partial charge is 0.490 e. The number of likely N-dealkylation sites (tertiary alicyclic amines) is 1. The van der Waals surface area contributed by atoms with Gasteiger partial charge in [0.15, 0.2) is 0 Å². The third-order valence-electron chi connectivity index (χ3n) is 5.33. The van der Waals surface area contributed by atoms with E-state index in [-0.39, 0.29) is 11.5 Å². The molecule has 1 atom stereocenters. The third-order valence-corrected chi connectivity index (χ3v) is 5.33. The van der Waals surface area contributed by atoms with Crippen molar-refractivity contribution in [2.24, 2.45) is 7.05 Å². The number of carbonyl (C=O) groups is 2. The van der Waals surface area contributed by atoms with Crippen LogP contribution in [0.2, 0.25) is 0 Å². The standard InChI is InChI=1S/C16H26N4O2.C2HF3O2/c1-18(2)13-5-11-22-16(12-13)6-9-20(10-7-16)15(21)14-4-8-19(3)17-14;3-2(4,5)1(6)7/h4,8,13H,5-7,9-12H2,1-3H3;(H,6,7). The Labute approximate surface area is 167 Å². The number of aliphatic carboxylic acids is 1. The SMILES string of the molecule is CN(C)C1CCOC2(CCN(C(=O)c3ccn(C)n3)CC2)C1.O=C(O)C(F)(F)F. The summed E-state index contributed by atoms with van der Waals surface area (Å²) in [7, 11) is 6.12. The highest BCUT2D eigenvalue weighted by Crippen LogP contribution is 2.36. The lowest BCUT2D eigenvalue weighted by molar-refractivity contribution is -0.192. The molecular formula is C18H27F3N4O4. The molecule has 1 aromatic heterocycles. The third kappa shape index (κ3) is 6.17. The number of rotatable bonds is 2. The van der Waals surface area contributed by atoms with Gasteiger partial charge in [-0.2, -0.15) is 18.3 Å². The van der Waals surface area contributed by atoms with Crippen molar-refractivity contribution in [3.05, 3.63) is 18.0 Å². The topological polar surface area (TPSA) is 87.9 Å². The Bertz CT molecular complexity index is 712. The molecule has 29 heavy (non-hydrogen) atoms. The fourth-order valence-electron chi connectivity index (χ4n) is 3.60. The van der Waals surface area contributed by atoms with Gasteiger partial charge in [-0.05, 0) is 45.8 Å². The molecule has 8 nitrogen and oxygen atoms in total. The first-order chi connectivity index (χ1) is 13.4. The van der Waals surface area contributed by atoms with E-state index < -0.39 is 12.1 Å². The predicted octanol–water partition coefficient (Wildman–Crippen LogP) is 1.77. The van der Waals surface area contributed by atoms with Crippen molar-refractivity contribution in [2.75, 3.05) is 33.8 Å². The Morgan fingerprint density at radius 1 is 1.31 bits per heavy atom. The molecule has 1 N–H and O–H groups in total. The minimum Gasteiger partial charge on any atom is -0.475 e. The highest BCUT2D eigenvalue weighted by Gasteiger charge is 2.42. The number of alkyl halides is 3. The highest BCUT2D eigenvalue weighted by atomic mass is 19.4. The average molecular weight is 420 g/mol. The molecule has 2 aliphatic rings. The molecule has 1 amide bonds. The number of nitrogens with zero attached hydrogens (tertiary/aromatic N) is 4. The zero-order chi connectivity index (χ0) is 21.8. The lowest BCUT2D eigenvalue weighted by Crippen LogP contribution is -2.53.